The highest BCUT2D eigenvalue weighted by molar-refractivity contribution is 14.1. The second-order valence-electron chi connectivity index (χ2n) is 4.83. The Labute approximate surface area is 169 Å². The SMILES string of the molecule is O=C1S/C(=C/c2cc(Br)c(O)c(I)c2)C(=O)N1c1cccc(Cl)c1. The van der Waals surface area contributed by atoms with Gasteiger partial charge in [-0.25, -0.2) is 4.90 Å². The summed E-state index contributed by atoms with van der Waals surface area (Å²) >= 11 is 12.1. The Kier molecular flexibility index (Phi) is 5.24. The smallest absolute Gasteiger partial charge is 0.298 e. The number of carbonyl (C=O) groups excluding carboxylic acids is 2. The first kappa shape index (κ1) is 17.8. The first-order chi connectivity index (χ1) is 11.4. The zero-order valence-electron chi connectivity index (χ0n) is 11.8. The Morgan fingerprint density at radius 1 is 1.25 bits per heavy atom. The Morgan fingerprint density at radius 2 is 2.00 bits per heavy atom. The quantitative estimate of drug-likeness (QED) is 0.398. The number of halogens is 3. The third-order valence-electron chi connectivity index (χ3n) is 3.20. The summed E-state index contributed by atoms with van der Waals surface area (Å²) in [6.07, 6.45) is 1.63. The Morgan fingerprint density at radius 3 is 2.67 bits per heavy atom. The maximum absolute atomic E-state index is 12.6. The molecular formula is C16H8BrClINO3S. The van der Waals surface area contributed by atoms with Crippen LogP contribution >= 0.6 is 61.9 Å². The number of phenolic OH excluding ortho intramolecular Hbond substituents is 1. The fourth-order valence-electron chi connectivity index (χ4n) is 2.13. The minimum atomic E-state index is -0.397. The van der Waals surface area contributed by atoms with Gasteiger partial charge in [-0.3, -0.25) is 9.59 Å². The van der Waals surface area contributed by atoms with Crippen LogP contribution in [0.3, 0.4) is 0 Å². The van der Waals surface area contributed by atoms with Gasteiger partial charge in [-0.1, -0.05) is 17.7 Å². The molecule has 4 nitrogen and oxygen atoms in total. The van der Waals surface area contributed by atoms with Crippen LogP contribution in [0.25, 0.3) is 6.08 Å². The number of hydrogen-bond donors (Lipinski definition) is 1. The number of rotatable bonds is 2. The van der Waals surface area contributed by atoms with Gasteiger partial charge in [-0.15, -0.1) is 0 Å². The van der Waals surface area contributed by atoms with Crippen LogP contribution in [0.2, 0.25) is 5.02 Å². The maximum atomic E-state index is 12.6. The van der Waals surface area contributed by atoms with Crippen molar-refractivity contribution < 1.29 is 14.7 Å². The molecule has 0 spiro atoms. The van der Waals surface area contributed by atoms with E-state index in [4.69, 9.17) is 11.6 Å². The molecule has 2 aromatic rings. The molecule has 0 bridgehead atoms. The highest BCUT2D eigenvalue weighted by Gasteiger charge is 2.36. The third kappa shape index (κ3) is 3.49. The number of nitrogens with zero attached hydrogens (tertiary/aromatic N) is 1. The van der Waals surface area contributed by atoms with E-state index < -0.39 is 5.91 Å². The first-order valence-electron chi connectivity index (χ1n) is 6.58. The molecule has 0 atom stereocenters. The van der Waals surface area contributed by atoms with E-state index in [1.807, 2.05) is 22.6 Å². The number of imide groups is 1. The highest BCUT2D eigenvalue weighted by Crippen LogP contribution is 2.37. The van der Waals surface area contributed by atoms with Crippen LogP contribution in [0, 0.1) is 3.57 Å². The van der Waals surface area contributed by atoms with Gasteiger partial charge < -0.3 is 5.11 Å². The lowest BCUT2D eigenvalue weighted by atomic mass is 10.2. The molecule has 122 valence electrons. The van der Waals surface area contributed by atoms with Gasteiger partial charge in [0, 0.05) is 5.02 Å². The molecule has 3 rings (SSSR count). The van der Waals surface area contributed by atoms with Crippen molar-refractivity contribution in [1.29, 1.82) is 0 Å². The third-order valence-corrected chi connectivity index (χ3v) is 5.73. The summed E-state index contributed by atoms with van der Waals surface area (Å²) in [6.45, 7) is 0. The van der Waals surface area contributed by atoms with E-state index in [2.05, 4.69) is 15.9 Å². The Hall–Kier alpha value is -1.03. The number of thioether (sulfide) groups is 1. The number of benzene rings is 2. The molecular weight excluding hydrogens is 529 g/mol. The van der Waals surface area contributed by atoms with Crippen molar-refractivity contribution in [3.8, 4) is 5.75 Å². The molecule has 0 unspecified atom stereocenters. The van der Waals surface area contributed by atoms with E-state index in [0.717, 1.165) is 16.7 Å². The lowest BCUT2D eigenvalue weighted by molar-refractivity contribution is -0.113. The van der Waals surface area contributed by atoms with Crippen molar-refractivity contribution in [1.82, 2.24) is 0 Å². The Balaban J connectivity index is 1.97. The maximum Gasteiger partial charge on any atom is 0.298 e. The van der Waals surface area contributed by atoms with Gasteiger partial charge in [0.05, 0.1) is 18.6 Å². The summed E-state index contributed by atoms with van der Waals surface area (Å²) in [7, 11) is 0. The van der Waals surface area contributed by atoms with Crippen LogP contribution in [0.15, 0.2) is 45.8 Å². The number of carbonyl (C=O) groups is 2. The molecule has 1 aliphatic rings. The molecule has 1 aliphatic heterocycles. The molecule has 0 radical (unpaired) electrons. The predicted molar refractivity (Wildman–Crippen MR) is 108 cm³/mol. The normalized spacial score (nSPS) is 16.3. The fourth-order valence-corrected chi connectivity index (χ4v) is 4.65. The van der Waals surface area contributed by atoms with Crippen LogP contribution in [0.4, 0.5) is 10.5 Å². The van der Waals surface area contributed by atoms with Crippen molar-refractivity contribution >= 4 is 84.8 Å². The van der Waals surface area contributed by atoms with Crippen molar-refractivity contribution in [3.63, 3.8) is 0 Å². The number of hydrogen-bond acceptors (Lipinski definition) is 4. The van der Waals surface area contributed by atoms with E-state index >= 15 is 0 Å². The standard InChI is InChI=1S/C16H8BrClINO3S/c17-11-4-8(5-12(19)14(11)21)6-13-15(22)20(16(23)24-13)10-3-1-2-9(18)7-10/h1-7,21H/b13-6+. The fraction of sp³-hybridized carbons (Fsp3) is 0. The first-order valence-corrected chi connectivity index (χ1v) is 9.65. The molecule has 2 aromatic carbocycles. The number of amides is 2. The summed E-state index contributed by atoms with van der Waals surface area (Å²) in [6, 6.07) is 10.0. The predicted octanol–water partition coefficient (Wildman–Crippen LogP) is 5.65. The van der Waals surface area contributed by atoms with Crippen molar-refractivity contribution in [3.05, 3.63) is 59.9 Å². The lowest BCUT2D eigenvalue weighted by Crippen LogP contribution is -2.27. The van der Waals surface area contributed by atoms with E-state index in [1.54, 1.807) is 42.5 Å². The van der Waals surface area contributed by atoms with Crippen LogP contribution in [0.5, 0.6) is 5.75 Å². The molecule has 0 aliphatic carbocycles. The number of anilines is 1. The van der Waals surface area contributed by atoms with Gasteiger partial charge in [0.2, 0.25) is 0 Å². The zero-order chi connectivity index (χ0) is 17.4. The van der Waals surface area contributed by atoms with E-state index in [0.29, 0.717) is 29.2 Å². The molecule has 0 saturated carbocycles. The average Bonchev–Trinajstić information content (AvgIpc) is 2.79. The van der Waals surface area contributed by atoms with Crippen molar-refractivity contribution in [2.24, 2.45) is 0 Å². The Bertz CT molecular complexity index is 880. The molecule has 1 heterocycles. The lowest BCUT2D eigenvalue weighted by Gasteiger charge is -2.12. The minimum absolute atomic E-state index is 0.139. The summed E-state index contributed by atoms with van der Waals surface area (Å²) < 4.78 is 1.16. The number of phenols is 1. The van der Waals surface area contributed by atoms with Gasteiger partial charge >= 0.3 is 0 Å². The van der Waals surface area contributed by atoms with Gasteiger partial charge in [0.15, 0.2) is 0 Å². The van der Waals surface area contributed by atoms with E-state index in [9.17, 15) is 14.7 Å². The zero-order valence-corrected chi connectivity index (χ0v) is 17.1. The molecule has 1 N–H and O–H groups in total. The summed E-state index contributed by atoms with van der Waals surface area (Å²) in [5.74, 6) is -0.258. The van der Waals surface area contributed by atoms with Crippen molar-refractivity contribution in [2.45, 2.75) is 0 Å². The van der Waals surface area contributed by atoms with Crippen LogP contribution in [-0.2, 0) is 4.79 Å². The summed E-state index contributed by atoms with van der Waals surface area (Å²) in [4.78, 5) is 26.2. The average molecular weight is 537 g/mol. The molecule has 8 heteroatoms. The topological polar surface area (TPSA) is 57.6 Å². The summed E-state index contributed by atoms with van der Waals surface area (Å²) in [5, 5.41) is 9.86. The van der Waals surface area contributed by atoms with Crippen molar-refractivity contribution in [2.75, 3.05) is 4.90 Å². The second kappa shape index (κ2) is 7.07. The van der Waals surface area contributed by atoms with Gasteiger partial charge in [0.25, 0.3) is 11.1 Å². The monoisotopic (exact) mass is 535 g/mol. The van der Waals surface area contributed by atoms with Crippen LogP contribution < -0.4 is 4.90 Å². The second-order valence-corrected chi connectivity index (χ2v) is 8.28. The summed E-state index contributed by atoms with van der Waals surface area (Å²) in [5.41, 5.74) is 1.15. The van der Waals surface area contributed by atoms with Gasteiger partial charge in [-0.2, -0.15) is 0 Å². The molecule has 1 saturated heterocycles. The van der Waals surface area contributed by atoms with E-state index in [1.165, 1.54) is 0 Å². The van der Waals surface area contributed by atoms with Crippen LogP contribution in [-0.4, -0.2) is 16.3 Å². The molecule has 0 aromatic heterocycles. The largest absolute Gasteiger partial charge is 0.506 e. The number of aromatic hydroxyl groups is 1. The molecule has 24 heavy (non-hydrogen) atoms. The van der Waals surface area contributed by atoms with Gasteiger partial charge in [-0.05, 0) is 92.3 Å². The minimum Gasteiger partial charge on any atom is -0.506 e. The van der Waals surface area contributed by atoms with Gasteiger partial charge in [0.1, 0.15) is 5.75 Å². The van der Waals surface area contributed by atoms with E-state index in [-0.39, 0.29) is 11.0 Å². The highest BCUT2D eigenvalue weighted by atomic mass is 127. The molecule has 2 amide bonds. The molecule has 1 fully saturated rings. The van der Waals surface area contributed by atoms with Crippen LogP contribution in [0.1, 0.15) is 5.56 Å².